The van der Waals surface area contributed by atoms with Crippen LogP contribution < -0.4 is 20.7 Å². The molecule has 34 heavy (non-hydrogen) atoms. The second-order valence-corrected chi connectivity index (χ2v) is 8.35. The molecule has 182 valence electrons. The van der Waals surface area contributed by atoms with Crippen LogP contribution in [0.5, 0.6) is 5.75 Å². The van der Waals surface area contributed by atoms with Crippen molar-refractivity contribution in [1.82, 2.24) is 24.8 Å². The highest BCUT2D eigenvalue weighted by molar-refractivity contribution is 5.83. The Morgan fingerprint density at radius 1 is 1.29 bits per heavy atom. The predicted molar refractivity (Wildman–Crippen MR) is 123 cm³/mol. The van der Waals surface area contributed by atoms with E-state index >= 15 is 0 Å². The number of ether oxygens (including phenoxy) is 2. The van der Waals surface area contributed by atoms with Crippen molar-refractivity contribution in [3.63, 3.8) is 0 Å². The molecule has 1 aliphatic heterocycles. The van der Waals surface area contributed by atoms with Gasteiger partial charge in [-0.2, -0.15) is 0 Å². The summed E-state index contributed by atoms with van der Waals surface area (Å²) in [6.07, 6.45) is 0.250. The Morgan fingerprint density at radius 2 is 2.03 bits per heavy atom. The molecule has 4 rings (SSSR count). The summed E-state index contributed by atoms with van der Waals surface area (Å²) >= 11 is 0. The van der Waals surface area contributed by atoms with E-state index in [0.717, 1.165) is 5.56 Å². The highest BCUT2D eigenvalue weighted by Crippen LogP contribution is 2.32. The second kappa shape index (κ2) is 9.89. The predicted octanol–water partition coefficient (Wildman–Crippen LogP) is -0.794. The number of aromatic nitrogens is 4. The van der Waals surface area contributed by atoms with Crippen molar-refractivity contribution in [2.75, 3.05) is 32.7 Å². The van der Waals surface area contributed by atoms with Crippen LogP contribution in [0.2, 0.25) is 0 Å². The van der Waals surface area contributed by atoms with Crippen LogP contribution in [0.1, 0.15) is 11.8 Å². The maximum absolute atomic E-state index is 12.8. The van der Waals surface area contributed by atoms with Crippen molar-refractivity contribution < 1.29 is 24.5 Å². The number of rotatable bonds is 8. The molecule has 3 aromatic rings. The molecular weight excluding hydrogens is 442 g/mol. The van der Waals surface area contributed by atoms with E-state index in [4.69, 9.17) is 15.2 Å². The van der Waals surface area contributed by atoms with Gasteiger partial charge in [-0.05, 0) is 24.1 Å². The average Bonchev–Trinajstić information content (AvgIpc) is 3.40. The normalized spacial score (nSPS) is 23.1. The molecule has 0 saturated carbocycles. The summed E-state index contributed by atoms with van der Waals surface area (Å²) in [4.78, 5) is 27.5. The lowest BCUT2D eigenvalue weighted by Crippen LogP contribution is -2.53. The molecule has 12 nitrogen and oxygen atoms in total. The van der Waals surface area contributed by atoms with E-state index in [1.807, 2.05) is 26.2 Å². The van der Waals surface area contributed by atoms with Gasteiger partial charge in [0.05, 0.1) is 32.1 Å². The topological polar surface area (TPSA) is 161 Å². The highest BCUT2D eigenvalue weighted by Gasteiger charge is 2.46. The Hall–Kier alpha value is -3.32. The molecular formula is C22H29N7O5. The third kappa shape index (κ3) is 4.53. The van der Waals surface area contributed by atoms with Gasteiger partial charge in [-0.1, -0.05) is 12.1 Å². The van der Waals surface area contributed by atoms with Gasteiger partial charge in [0.2, 0.25) is 5.91 Å². The number of aliphatic hydroxyl groups is 2. The number of amides is 1. The van der Waals surface area contributed by atoms with Gasteiger partial charge in [-0.25, -0.2) is 15.0 Å². The monoisotopic (exact) mass is 471 g/mol. The number of carbonyl (C=O) groups excluding carboxylic acids is 1. The van der Waals surface area contributed by atoms with Crippen LogP contribution in [0.25, 0.3) is 11.2 Å². The summed E-state index contributed by atoms with van der Waals surface area (Å²) in [7, 11) is 5.25. The van der Waals surface area contributed by atoms with Crippen molar-refractivity contribution in [1.29, 1.82) is 0 Å². The van der Waals surface area contributed by atoms with E-state index in [2.05, 4.69) is 20.3 Å². The van der Waals surface area contributed by atoms with Crippen LogP contribution in [0.3, 0.4) is 0 Å². The molecule has 0 spiro atoms. The van der Waals surface area contributed by atoms with Crippen molar-refractivity contribution in [2.24, 2.45) is 5.73 Å². The van der Waals surface area contributed by atoms with E-state index in [9.17, 15) is 15.0 Å². The number of carbonyl (C=O) groups is 1. The number of methoxy groups -OCH3 is 1. The van der Waals surface area contributed by atoms with Gasteiger partial charge in [-0.3, -0.25) is 9.36 Å². The third-order valence-corrected chi connectivity index (χ3v) is 5.85. The van der Waals surface area contributed by atoms with Crippen LogP contribution in [-0.4, -0.2) is 87.7 Å². The zero-order chi connectivity index (χ0) is 24.4. The van der Waals surface area contributed by atoms with E-state index in [0.29, 0.717) is 29.2 Å². The summed E-state index contributed by atoms with van der Waals surface area (Å²) in [6, 6.07) is 5.52. The lowest BCUT2D eigenvalue weighted by molar-refractivity contribution is -0.124. The van der Waals surface area contributed by atoms with Crippen molar-refractivity contribution in [2.45, 2.75) is 36.9 Å². The molecule has 1 amide bonds. The Bertz CT molecular complexity index is 1140. The van der Waals surface area contributed by atoms with Gasteiger partial charge in [0.25, 0.3) is 0 Å². The molecule has 3 heterocycles. The average molecular weight is 472 g/mol. The molecule has 1 fully saturated rings. The fourth-order valence-electron chi connectivity index (χ4n) is 4.04. The molecule has 5 N–H and O–H groups in total. The van der Waals surface area contributed by atoms with Crippen LogP contribution >= 0.6 is 0 Å². The van der Waals surface area contributed by atoms with Crippen LogP contribution in [-0.2, 0) is 16.0 Å². The van der Waals surface area contributed by atoms with Gasteiger partial charge < -0.3 is 35.6 Å². The molecule has 5 atom stereocenters. The molecule has 1 unspecified atom stereocenters. The summed E-state index contributed by atoms with van der Waals surface area (Å²) in [5.74, 6) is 0.861. The number of imidazole rings is 1. The van der Waals surface area contributed by atoms with E-state index in [1.54, 1.807) is 28.7 Å². The van der Waals surface area contributed by atoms with Crippen LogP contribution in [0, 0.1) is 0 Å². The highest BCUT2D eigenvalue weighted by atomic mass is 16.5. The number of fused-ring (bicyclic) bond motifs is 1. The van der Waals surface area contributed by atoms with Crippen molar-refractivity contribution in [3.05, 3.63) is 42.5 Å². The van der Waals surface area contributed by atoms with Crippen LogP contribution in [0.15, 0.2) is 36.9 Å². The number of anilines is 1. The number of nitrogens with zero attached hydrogens (tertiary/aromatic N) is 5. The van der Waals surface area contributed by atoms with Crippen molar-refractivity contribution in [3.8, 4) is 5.75 Å². The summed E-state index contributed by atoms with van der Waals surface area (Å²) in [5.41, 5.74) is 7.98. The lowest BCUT2D eigenvalue weighted by Gasteiger charge is -2.23. The molecule has 1 aromatic carbocycles. The zero-order valence-corrected chi connectivity index (χ0v) is 19.2. The van der Waals surface area contributed by atoms with Gasteiger partial charge in [0, 0.05) is 14.1 Å². The van der Waals surface area contributed by atoms with E-state index in [1.165, 1.54) is 12.7 Å². The number of nitrogens with two attached hydrogens (primary N) is 1. The Kier molecular flexibility index (Phi) is 6.93. The molecule has 0 radical (unpaired) electrons. The first-order valence-corrected chi connectivity index (χ1v) is 10.8. The molecule has 12 heteroatoms. The maximum atomic E-state index is 12.8. The van der Waals surface area contributed by atoms with Crippen LogP contribution in [0.4, 0.5) is 5.82 Å². The molecule has 1 saturated heterocycles. The molecule has 1 aliphatic rings. The first-order valence-electron chi connectivity index (χ1n) is 10.8. The first kappa shape index (κ1) is 23.8. The van der Waals surface area contributed by atoms with Gasteiger partial charge in [0.1, 0.15) is 24.3 Å². The first-order chi connectivity index (χ1) is 16.3. The Morgan fingerprint density at radius 3 is 2.68 bits per heavy atom. The minimum atomic E-state index is -1.18. The summed E-state index contributed by atoms with van der Waals surface area (Å²) in [6.45, 7) is -0.406. The fourth-order valence-corrected chi connectivity index (χ4v) is 4.04. The summed E-state index contributed by atoms with van der Waals surface area (Å²) < 4.78 is 12.6. The summed E-state index contributed by atoms with van der Waals surface area (Å²) in [5, 5.41) is 23.6. The zero-order valence-electron chi connectivity index (χ0n) is 19.2. The Balaban J connectivity index is 1.49. The van der Waals surface area contributed by atoms with Gasteiger partial charge in [0.15, 0.2) is 23.2 Å². The second-order valence-electron chi connectivity index (χ2n) is 8.35. The number of hydrogen-bond acceptors (Lipinski definition) is 10. The largest absolute Gasteiger partial charge is 0.497 e. The number of aliphatic hydroxyl groups excluding tert-OH is 2. The minimum Gasteiger partial charge on any atom is -0.497 e. The van der Waals surface area contributed by atoms with Crippen molar-refractivity contribution >= 4 is 22.9 Å². The number of hydrogen-bond donors (Lipinski definition) is 4. The fraction of sp³-hybridized carbons (Fsp3) is 0.455. The SMILES string of the molecule is COc1ccc(C[C@H](N)C(=O)N[C@@H]2C(O)[C@H](n3cnc4c(N(C)C)ncnc43)O[C@@H]2CO)cc1. The number of nitrogens with one attached hydrogen (secondary N) is 1. The minimum absolute atomic E-state index is 0.295. The smallest absolute Gasteiger partial charge is 0.237 e. The molecule has 0 bridgehead atoms. The van der Waals surface area contributed by atoms with Gasteiger partial charge in [-0.15, -0.1) is 0 Å². The molecule has 0 aliphatic carbocycles. The standard InChI is InChI=1S/C22H29N7O5/c1-28(2)19-17-20(25-10-24-19)29(11-26-17)22-18(31)16(15(9-30)34-22)27-21(32)14(23)8-12-4-6-13(33-3)7-5-12/h4-7,10-11,14-16,18,22,30-31H,8-9,23H2,1-3H3,(H,27,32)/t14-,15+,16-,18?,22+/m0/s1. The number of benzene rings is 1. The third-order valence-electron chi connectivity index (χ3n) is 5.85. The quantitative estimate of drug-likeness (QED) is 0.328. The molecule has 2 aromatic heterocycles. The van der Waals surface area contributed by atoms with Gasteiger partial charge >= 0.3 is 0 Å². The maximum Gasteiger partial charge on any atom is 0.237 e. The lowest BCUT2D eigenvalue weighted by atomic mass is 10.0. The Labute approximate surface area is 196 Å². The van der Waals surface area contributed by atoms with E-state index < -0.39 is 43.0 Å². The van der Waals surface area contributed by atoms with E-state index in [-0.39, 0.29) is 0 Å².